The van der Waals surface area contributed by atoms with Crippen molar-refractivity contribution in [3.8, 4) is 5.69 Å². The van der Waals surface area contributed by atoms with E-state index < -0.39 is 11.5 Å². The van der Waals surface area contributed by atoms with Gasteiger partial charge < -0.3 is 10.1 Å². The van der Waals surface area contributed by atoms with Crippen molar-refractivity contribution in [3.63, 3.8) is 0 Å². The summed E-state index contributed by atoms with van der Waals surface area (Å²) in [5.41, 5.74) is 1.64. The average Bonchev–Trinajstić information content (AvgIpc) is 3.26. The summed E-state index contributed by atoms with van der Waals surface area (Å²) in [6.45, 7) is 1.91. The maximum absolute atomic E-state index is 13.6. The predicted octanol–water partition coefficient (Wildman–Crippen LogP) is 4.44. The standard InChI is InChI=1S/C25H29IN4O4/c1-2-34-25(33)20-14-21-24(32)30(19-12-8-9-17(13-19)15-26)22(16-29(21)28-20)23(31)27-18-10-6-4-3-5-7-11-18/h8-9,12-14,16,18H,2-7,10-11,15H2,1H3,(H,27,31). The number of alkyl halides is 1. The lowest BCUT2D eigenvalue weighted by Gasteiger charge is -2.22. The van der Waals surface area contributed by atoms with Crippen molar-refractivity contribution in [1.82, 2.24) is 19.5 Å². The van der Waals surface area contributed by atoms with Gasteiger partial charge in [-0.3, -0.25) is 14.2 Å². The van der Waals surface area contributed by atoms with Crippen molar-refractivity contribution >= 4 is 40.0 Å². The molecule has 8 nitrogen and oxygen atoms in total. The number of aromatic nitrogens is 3. The SMILES string of the molecule is CCOC(=O)c1cc2c(=O)n(-c3cccc(CI)c3)c(C(=O)NC3CCCCCCC3)cn2n1. The molecule has 1 amide bonds. The smallest absolute Gasteiger partial charge is 0.358 e. The van der Waals surface area contributed by atoms with Crippen LogP contribution >= 0.6 is 22.6 Å². The third-order valence-electron chi connectivity index (χ3n) is 6.12. The van der Waals surface area contributed by atoms with Crippen molar-refractivity contribution in [2.75, 3.05) is 6.61 Å². The highest BCUT2D eigenvalue weighted by atomic mass is 127. The van der Waals surface area contributed by atoms with Gasteiger partial charge in [0.15, 0.2) is 5.69 Å². The van der Waals surface area contributed by atoms with Gasteiger partial charge >= 0.3 is 5.97 Å². The molecule has 0 atom stereocenters. The molecule has 1 saturated carbocycles. The number of nitrogens with zero attached hydrogens (tertiary/aromatic N) is 3. The molecule has 1 aliphatic carbocycles. The number of rotatable bonds is 6. The molecule has 0 aliphatic heterocycles. The molecule has 1 aliphatic rings. The Morgan fingerprint density at radius 1 is 1.15 bits per heavy atom. The van der Waals surface area contributed by atoms with E-state index in [4.69, 9.17) is 4.74 Å². The molecule has 0 unspecified atom stereocenters. The molecule has 180 valence electrons. The first kappa shape index (κ1) is 24.4. The van der Waals surface area contributed by atoms with Crippen LogP contribution in [-0.4, -0.2) is 38.7 Å². The van der Waals surface area contributed by atoms with E-state index in [2.05, 4.69) is 33.0 Å². The number of hydrogen-bond donors (Lipinski definition) is 1. The van der Waals surface area contributed by atoms with Crippen LogP contribution in [0, 0.1) is 0 Å². The van der Waals surface area contributed by atoms with Crippen LogP contribution in [0.25, 0.3) is 11.2 Å². The second-order valence-corrected chi connectivity index (χ2v) is 9.32. The third kappa shape index (κ3) is 5.34. The van der Waals surface area contributed by atoms with Gasteiger partial charge in [0.1, 0.15) is 11.2 Å². The van der Waals surface area contributed by atoms with E-state index in [-0.39, 0.29) is 35.5 Å². The van der Waals surface area contributed by atoms with Gasteiger partial charge in [-0.2, -0.15) is 5.10 Å². The van der Waals surface area contributed by atoms with E-state index in [0.29, 0.717) is 5.69 Å². The molecular weight excluding hydrogens is 547 g/mol. The quantitative estimate of drug-likeness (QED) is 0.266. The summed E-state index contributed by atoms with van der Waals surface area (Å²) in [5, 5.41) is 7.38. The maximum atomic E-state index is 13.6. The highest BCUT2D eigenvalue weighted by Crippen LogP contribution is 2.19. The van der Waals surface area contributed by atoms with Crippen molar-refractivity contribution < 1.29 is 14.3 Å². The number of amides is 1. The first-order valence-corrected chi connectivity index (χ1v) is 13.3. The van der Waals surface area contributed by atoms with Gasteiger partial charge in [-0.1, -0.05) is 66.8 Å². The maximum Gasteiger partial charge on any atom is 0.358 e. The highest BCUT2D eigenvalue weighted by Gasteiger charge is 2.23. The molecule has 9 heteroatoms. The number of halogens is 1. The van der Waals surface area contributed by atoms with Crippen LogP contribution < -0.4 is 10.9 Å². The van der Waals surface area contributed by atoms with Gasteiger partial charge in [-0.05, 0) is 37.5 Å². The van der Waals surface area contributed by atoms with E-state index in [1.165, 1.54) is 40.6 Å². The summed E-state index contributed by atoms with van der Waals surface area (Å²) in [5.74, 6) is -0.929. The molecule has 0 bridgehead atoms. The lowest BCUT2D eigenvalue weighted by atomic mass is 9.96. The van der Waals surface area contributed by atoms with Gasteiger partial charge in [0.2, 0.25) is 0 Å². The Bertz CT molecular complexity index is 1240. The number of carbonyl (C=O) groups excluding carboxylic acids is 2. The molecule has 1 aromatic carbocycles. The normalized spacial score (nSPS) is 15.0. The fourth-order valence-electron chi connectivity index (χ4n) is 4.41. The minimum absolute atomic E-state index is 0.0316. The van der Waals surface area contributed by atoms with Crippen molar-refractivity contribution in [2.24, 2.45) is 0 Å². The van der Waals surface area contributed by atoms with Gasteiger partial charge in [-0.15, -0.1) is 0 Å². The minimum Gasteiger partial charge on any atom is -0.461 e. The van der Waals surface area contributed by atoms with Crippen molar-refractivity contribution in [1.29, 1.82) is 0 Å². The second kappa shape index (κ2) is 11.2. The topological polar surface area (TPSA) is 94.7 Å². The molecular formula is C25H29IN4O4. The molecule has 34 heavy (non-hydrogen) atoms. The largest absolute Gasteiger partial charge is 0.461 e. The van der Waals surface area contributed by atoms with Crippen LogP contribution in [0.3, 0.4) is 0 Å². The Labute approximate surface area is 211 Å². The molecule has 0 saturated heterocycles. The zero-order chi connectivity index (χ0) is 24.1. The number of hydrogen-bond acceptors (Lipinski definition) is 5. The van der Waals surface area contributed by atoms with E-state index >= 15 is 0 Å². The minimum atomic E-state index is -0.607. The van der Waals surface area contributed by atoms with Gasteiger partial charge in [-0.25, -0.2) is 9.31 Å². The zero-order valence-corrected chi connectivity index (χ0v) is 21.4. The highest BCUT2D eigenvalue weighted by molar-refractivity contribution is 14.1. The molecule has 2 heterocycles. The fourth-order valence-corrected chi connectivity index (χ4v) is 4.88. The summed E-state index contributed by atoms with van der Waals surface area (Å²) >= 11 is 2.26. The summed E-state index contributed by atoms with van der Waals surface area (Å²) in [6.07, 6.45) is 9.13. The summed E-state index contributed by atoms with van der Waals surface area (Å²) in [4.78, 5) is 39.3. The Morgan fingerprint density at radius 2 is 1.88 bits per heavy atom. The first-order valence-electron chi connectivity index (χ1n) is 11.8. The monoisotopic (exact) mass is 576 g/mol. The van der Waals surface area contributed by atoms with Gasteiger partial charge in [0.25, 0.3) is 11.5 Å². The molecule has 1 fully saturated rings. The van der Waals surface area contributed by atoms with Crippen LogP contribution in [-0.2, 0) is 9.16 Å². The van der Waals surface area contributed by atoms with Crippen molar-refractivity contribution in [2.45, 2.75) is 62.3 Å². The van der Waals surface area contributed by atoms with Crippen LogP contribution in [0.1, 0.15) is 78.4 Å². The molecule has 2 aromatic heterocycles. The number of esters is 1. The summed E-state index contributed by atoms with van der Waals surface area (Å²) in [7, 11) is 0. The number of ether oxygens (including phenoxy) is 1. The molecule has 0 spiro atoms. The average molecular weight is 576 g/mol. The van der Waals surface area contributed by atoms with E-state index in [9.17, 15) is 14.4 Å². The van der Waals surface area contributed by atoms with Crippen LogP contribution in [0.5, 0.6) is 0 Å². The molecule has 1 N–H and O–H groups in total. The number of fused-ring (bicyclic) bond motifs is 1. The summed E-state index contributed by atoms with van der Waals surface area (Å²) in [6, 6.07) is 9.04. The number of carbonyl (C=O) groups is 2. The Kier molecular flexibility index (Phi) is 8.02. The summed E-state index contributed by atoms with van der Waals surface area (Å²) < 4.78 is 8.53. The fraction of sp³-hybridized carbons (Fsp3) is 0.440. The van der Waals surface area contributed by atoms with E-state index in [1.54, 1.807) is 6.92 Å². The Balaban J connectivity index is 1.81. The lowest BCUT2D eigenvalue weighted by molar-refractivity contribution is 0.0519. The second-order valence-electron chi connectivity index (χ2n) is 8.55. The van der Waals surface area contributed by atoms with Crippen LogP contribution in [0.4, 0.5) is 0 Å². The third-order valence-corrected chi connectivity index (χ3v) is 7.00. The molecule has 0 radical (unpaired) electrons. The van der Waals surface area contributed by atoms with Gasteiger partial charge in [0.05, 0.1) is 12.8 Å². The Morgan fingerprint density at radius 3 is 2.59 bits per heavy atom. The van der Waals surface area contributed by atoms with Crippen LogP contribution in [0.15, 0.2) is 41.3 Å². The Hall–Kier alpha value is -2.69. The zero-order valence-electron chi connectivity index (χ0n) is 19.3. The van der Waals surface area contributed by atoms with Crippen molar-refractivity contribution in [3.05, 3.63) is 63.8 Å². The lowest BCUT2D eigenvalue weighted by Crippen LogP contribution is -2.39. The van der Waals surface area contributed by atoms with E-state index in [1.807, 2.05) is 24.3 Å². The van der Waals surface area contributed by atoms with Crippen LogP contribution in [0.2, 0.25) is 0 Å². The van der Waals surface area contributed by atoms with Gasteiger partial charge in [0, 0.05) is 22.2 Å². The number of benzene rings is 1. The number of nitrogens with one attached hydrogen (secondary N) is 1. The predicted molar refractivity (Wildman–Crippen MR) is 138 cm³/mol. The van der Waals surface area contributed by atoms with E-state index in [0.717, 1.165) is 35.7 Å². The molecule has 3 aromatic rings. The first-order chi connectivity index (χ1) is 16.5. The molecule has 4 rings (SSSR count).